The van der Waals surface area contributed by atoms with Crippen molar-refractivity contribution in [1.82, 2.24) is 0 Å². The lowest BCUT2D eigenvalue weighted by Crippen LogP contribution is -2.28. The first-order chi connectivity index (χ1) is 6.14. The zero-order chi connectivity index (χ0) is 11.4. The summed E-state index contributed by atoms with van der Waals surface area (Å²) in [6.45, 7) is 16.0. The maximum Gasteiger partial charge on any atom is 0.256 e. The van der Waals surface area contributed by atoms with Gasteiger partial charge in [0.25, 0.3) is 5.95 Å². The van der Waals surface area contributed by atoms with Gasteiger partial charge in [-0.15, -0.1) is 0 Å². The van der Waals surface area contributed by atoms with Gasteiger partial charge in [0.15, 0.2) is 0 Å². The van der Waals surface area contributed by atoms with Gasteiger partial charge in [0.05, 0.1) is 14.7 Å². The van der Waals surface area contributed by atoms with E-state index in [1.807, 2.05) is 6.92 Å². The van der Waals surface area contributed by atoms with E-state index in [1.54, 1.807) is 0 Å². The van der Waals surface area contributed by atoms with Crippen LogP contribution in [0.5, 0.6) is 0 Å². The molecular formula is C10H24O2Si2. The van der Waals surface area contributed by atoms with E-state index in [1.165, 1.54) is 0 Å². The van der Waals surface area contributed by atoms with Crippen LogP contribution in [0.2, 0.25) is 39.3 Å². The van der Waals surface area contributed by atoms with Gasteiger partial charge in [-0.05, 0) is 32.3 Å². The molecule has 0 bridgehead atoms. The maximum atomic E-state index is 5.87. The van der Waals surface area contributed by atoms with Crippen LogP contribution in [0.15, 0.2) is 11.6 Å². The average Bonchev–Trinajstić information content (AvgIpc) is 1.78. The molecule has 0 fully saturated rings. The molecule has 4 heteroatoms. The molecule has 0 N–H and O–H groups in total. The first-order valence-electron chi connectivity index (χ1n) is 5.19. The highest BCUT2D eigenvalue weighted by atomic mass is 28.4. The summed E-state index contributed by atoms with van der Waals surface area (Å²) in [5.41, 5.74) is 2.19. The molecule has 0 saturated heterocycles. The van der Waals surface area contributed by atoms with Gasteiger partial charge in [-0.2, -0.15) is 0 Å². The molecule has 0 aromatic rings. The molecule has 0 spiro atoms. The minimum atomic E-state index is -1.53. The zero-order valence-corrected chi connectivity index (χ0v) is 12.6. The highest BCUT2D eigenvalue weighted by molar-refractivity contribution is 6.81. The Hall–Kier alpha value is -0.226. The zero-order valence-electron chi connectivity index (χ0n) is 10.6. The Morgan fingerprint density at radius 2 is 1.57 bits per heavy atom. The van der Waals surface area contributed by atoms with E-state index in [-0.39, 0.29) is 0 Å². The van der Waals surface area contributed by atoms with E-state index in [0.29, 0.717) is 6.61 Å². The van der Waals surface area contributed by atoms with Crippen LogP contribution in [0, 0.1) is 0 Å². The SMILES string of the molecule is CCO/C(=C/[Si](C)(C)C)O[Si](C)(C)C. The Kier molecular flexibility index (Phi) is 4.94. The molecule has 0 atom stereocenters. The van der Waals surface area contributed by atoms with E-state index >= 15 is 0 Å². The van der Waals surface area contributed by atoms with E-state index in [0.717, 1.165) is 5.95 Å². The Bertz CT molecular complexity index is 199. The number of hydrogen-bond donors (Lipinski definition) is 0. The second-order valence-electron chi connectivity index (χ2n) is 5.48. The fourth-order valence-electron chi connectivity index (χ4n) is 0.898. The van der Waals surface area contributed by atoms with E-state index < -0.39 is 16.4 Å². The molecule has 14 heavy (non-hydrogen) atoms. The summed E-state index contributed by atoms with van der Waals surface area (Å²) in [5, 5.41) is 0. The third kappa shape index (κ3) is 8.38. The average molecular weight is 232 g/mol. The highest BCUT2D eigenvalue weighted by Gasteiger charge is 2.21. The normalized spacial score (nSPS) is 14.1. The highest BCUT2D eigenvalue weighted by Crippen LogP contribution is 2.15. The molecule has 0 aliphatic heterocycles. The smallest absolute Gasteiger partial charge is 0.256 e. The summed E-state index contributed by atoms with van der Waals surface area (Å²) in [4.78, 5) is 0. The van der Waals surface area contributed by atoms with Gasteiger partial charge in [-0.1, -0.05) is 19.6 Å². The van der Waals surface area contributed by atoms with Crippen molar-refractivity contribution in [3.8, 4) is 0 Å². The summed E-state index contributed by atoms with van der Waals surface area (Å²) < 4.78 is 11.4. The third-order valence-electron chi connectivity index (χ3n) is 1.24. The van der Waals surface area contributed by atoms with Crippen LogP contribution in [0.4, 0.5) is 0 Å². The molecule has 0 radical (unpaired) electrons. The van der Waals surface area contributed by atoms with Crippen molar-refractivity contribution in [2.45, 2.75) is 46.2 Å². The lowest BCUT2D eigenvalue weighted by atomic mass is 10.8. The van der Waals surface area contributed by atoms with E-state index in [4.69, 9.17) is 9.16 Å². The van der Waals surface area contributed by atoms with E-state index in [9.17, 15) is 0 Å². The lowest BCUT2D eigenvalue weighted by molar-refractivity contribution is 0.113. The third-order valence-corrected chi connectivity index (χ3v) is 3.16. The Morgan fingerprint density at radius 3 is 1.86 bits per heavy atom. The van der Waals surface area contributed by atoms with Crippen molar-refractivity contribution in [2.24, 2.45) is 0 Å². The number of ether oxygens (including phenoxy) is 1. The predicted octanol–water partition coefficient (Wildman–Crippen LogP) is 3.59. The molecular weight excluding hydrogens is 208 g/mol. The molecule has 84 valence electrons. The maximum absolute atomic E-state index is 5.87. The topological polar surface area (TPSA) is 18.5 Å². The van der Waals surface area contributed by atoms with Gasteiger partial charge in [0.2, 0.25) is 8.32 Å². The molecule has 0 saturated carbocycles. The summed E-state index contributed by atoms with van der Waals surface area (Å²) in [7, 11) is -2.78. The van der Waals surface area contributed by atoms with Crippen molar-refractivity contribution < 1.29 is 9.16 Å². The minimum Gasteiger partial charge on any atom is -0.520 e. The standard InChI is InChI=1S/C10H24O2Si2/c1-8-11-10(9-13(2,3)4)12-14(5,6)7/h9H,8H2,1-7H3/b10-9-. The fraction of sp³-hybridized carbons (Fsp3) is 0.800. The van der Waals surface area contributed by atoms with Crippen LogP contribution in [-0.4, -0.2) is 23.0 Å². The summed E-state index contributed by atoms with van der Waals surface area (Å²) in [5.74, 6) is 0.755. The van der Waals surface area contributed by atoms with Crippen molar-refractivity contribution >= 4 is 16.4 Å². The summed E-state index contributed by atoms with van der Waals surface area (Å²) >= 11 is 0. The van der Waals surface area contributed by atoms with Crippen molar-refractivity contribution in [3.63, 3.8) is 0 Å². The first kappa shape index (κ1) is 13.8. The molecule has 0 aromatic carbocycles. The fourth-order valence-corrected chi connectivity index (χ4v) is 2.59. The van der Waals surface area contributed by atoms with Crippen LogP contribution in [0.3, 0.4) is 0 Å². The Labute approximate surface area is 90.4 Å². The largest absolute Gasteiger partial charge is 0.520 e. The Balaban J connectivity index is 4.53. The number of rotatable bonds is 5. The summed E-state index contributed by atoms with van der Waals surface area (Å²) in [6.07, 6.45) is 0. The van der Waals surface area contributed by atoms with Gasteiger partial charge in [0, 0.05) is 0 Å². The van der Waals surface area contributed by atoms with Gasteiger partial charge >= 0.3 is 0 Å². The van der Waals surface area contributed by atoms with Gasteiger partial charge in [0.1, 0.15) is 0 Å². The molecule has 0 amide bonds. The summed E-state index contributed by atoms with van der Waals surface area (Å²) in [6, 6.07) is 0. The van der Waals surface area contributed by atoms with Crippen molar-refractivity contribution in [2.75, 3.05) is 6.61 Å². The molecule has 0 rings (SSSR count). The quantitative estimate of drug-likeness (QED) is 0.533. The lowest BCUT2D eigenvalue weighted by Gasteiger charge is -2.23. The predicted molar refractivity (Wildman–Crippen MR) is 67.5 cm³/mol. The first-order valence-corrected chi connectivity index (χ1v) is 12.2. The molecule has 2 nitrogen and oxygen atoms in total. The van der Waals surface area contributed by atoms with Crippen LogP contribution in [0.25, 0.3) is 0 Å². The second kappa shape index (κ2) is 5.02. The molecule has 0 unspecified atom stereocenters. The second-order valence-corrected chi connectivity index (χ2v) is 14.9. The van der Waals surface area contributed by atoms with Crippen LogP contribution < -0.4 is 0 Å². The van der Waals surface area contributed by atoms with Gasteiger partial charge in [-0.25, -0.2) is 0 Å². The molecule has 0 aromatic heterocycles. The Morgan fingerprint density at radius 1 is 1.07 bits per heavy atom. The minimum absolute atomic E-state index is 0.681. The van der Waals surface area contributed by atoms with Crippen LogP contribution in [-0.2, 0) is 9.16 Å². The van der Waals surface area contributed by atoms with E-state index in [2.05, 4.69) is 45.0 Å². The van der Waals surface area contributed by atoms with Gasteiger partial charge < -0.3 is 9.16 Å². The monoisotopic (exact) mass is 232 g/mol. The molecule has 0 heterocycles. The van der Waals surface area contributed by atoms with Gasteiger partial charge in [-0.3, -0.25) is 0 Å². The van der Waals surface area contributed by atoms with Crippen LogP contribution >= 0.6 is 0 Å². The number of hydrogen-bond acceptors (Lipinski definition) is 2. The van der Waals surface area contributed by atoms with Crippen LogP contribution in [0.1, 0.15) is 6.92 Å². The van der Waals surface area contributed by atoms with Crippen molar-refractivity contribution in [3.05, 3.63) is 11.6 Å². The molecule has 0 aliphatic rings. The molecule has 0 aliphatic carbocycles. The van der Waals surface area contributed by atoms with Crippen molar-refractivity contribution in [1.29, 1.82) is 0 Å².